The van der Waals surface area contributed by atoms with Crippen molar-refractivity contribution in [3.8, 4) is 0 Å². The van der Waals surface area contributed by atoms with Crippen molar-refractivity contribution >= 4 is 11.8 Å². The van der Waals surface area contributed by atoms with Gasteiger partial charge in [0.1, 0.15) is 5.41 Å². The number of amides is 2. The fraction of sp³-hybridized carbons (Fsp3) is 0.882. The van der Waals surface area contributed by atoms with Gasteiger partial charge in [0.15, 0.2) is 0 Å². The van der Waals surface area contributed by atoms with E-state index in [1.54, 1.807) is 0 Å². The Bertz CT molecular complexity index is 436. The third kappa shape index (κ3) is 3.86. The van der Waals surface area contributed by atoms with Crippen LogP contribution < -0.4 is 5.73 Å². The summed E-state index contributed by atoms with van der Waals surface area (Å²) in [6.45, 7) is 11.1. The van der Waals surface area contributed by atoms with Crippen LogP contribution in [0.3, 0.4) is 0 Å². The van der Waals surface area contributed by atoms with Gasteiger partial charge in [0.25, 0.3) is 0 Å². The molecule has 0 bridgehead atoms. The molecule has 1 fully saturated rings. The van der Waals surface area contributed by atoms with E-state index < -0.39 is 34.2 Å². The molecule has 134 valence electrons. The average molecular weight is 328 g/mol. The van der Waals surface area contributed by atoms with Crippen molar-refractivity contribution in [3.05, 3.63) is 0 Å². The number of hydrogen-bond donors (Lipinski definition) is 3. The fourth-order valence-corrected chi connectivity index (χ4v) is 3.00. The normalized spacial score (nSPS) is 19.8. The van der Waals surface area contributed by atoms with Gasteiger partial charge in [0, 0.05) is 0 Å². The molecule has 6 heteroatoms. The minimum Gasteiger partial charge on any atom is -0.394 e. The van der Waals surface area contributed by atoms with E-state index in [4.69, 9.17) is 5.73 Å². The Kier molecular flexibility index (Phi) is 5.54. The second-order valence-electron chi connectivity index (χ2n) is 8.79. The molecular weight excluding hydrogens is 296 g/mol. The zero-order valence-corrected chi connectivity index (χ0v) is 15.2. The maximum Gasteiger partial charge on any atom is 0.238 e. The maximum atomic E-state index is 13.2. The quantitative estimate of drug-likeness (QED) is 0.630. The number of aliphatic hydroxyl groups excluding tert-OH is 2. The summed E-state index contributed by atoms with van der Waals surface area (Å²) < 4.78 is 0. The minimum atomic E-state index is -1.17. The van der Waals surface area contributed by atoms with Crippen molar-refractivity contribution in [1.29, 1.82) is 0 Å². The van der Waals surface area contributed by atoms with Crippen LogP contribution in [0.1, 0.15) is 54.4 Å². The molecule has 0 heterocycles. The molecule has 6 nitrogen and oxygen atoms in total. The van der Waals surface area contributed by atoms with Crippen molar-refractivity contribution < 1.29 is 19.8 Å². The molecule has 0 radical (unpaired) electrons. The number of rotatable bonds is 6. The summed E-state index contributed by atoms with van der Waals surface area (Å²) in [5.41, 5.74) is 3.48. The Labute approximate surface area is 139 Å². The largest absolute Gasteiger partial charge is 0.394 e. The van der Waals surface area contributed by atoms with E-state index in [1.807, 2.05) is 41.5 Å². The maximum absolute atomic E-state index is 13.2. The first kappa shape index (κ1) is 19.9. The van der Waals surface area contributed by atoms with Gasteiger partial charge in [-0.3, -0.25) is 9.59 Å². The zero-order valence-electron chi connectivity index (χ0n) is 15.2. The SMILES string of the molecule is CC(C)(C)[C@H](CO)N(C(=O)C1(C(N)=O)CC1)[C@@H](CO)C(C)(C)C. The molecule has 0 aromatic heterocycles. The topological polar surface area (TPSA) is 104 Å². The van der Waals surface area contributed by atoms with Crippen LogP contribution in [-0.4, -0.2) is 52.2 Å². The first-order chi connectivity index (χ1) is 10.3. The van der Waals surface area contributed by atoms with E-state index in [0.717, 1.165) is 0 Å². The summed E-state index contributed by atoms with van der Waals surface area (Å²) in [4.78, 5) is 26.5. The second-order valence-corrected chi connectivity index (χ2v) is 8.79. The molecule has 4 N–H and O–H groups in total. The highest BCUT2D eigenvalue weighted by molar-refractivity contribution is 6.07. The predicted molar refractivity (Wildman–Crippen MR) is 88.4 cm³/mol. The van der Waals surface area contributed by atoms with Crippen LogP contribution in [0.4, 0.5) is 0 Å². The first-order valence-electron chi connectivity index (χ1n) is 8.17. The molecule has 23 heavy (non-hydrogen) atoms. The molecule has 0 spiro atoms. The lowest BCUT2D eigenvalue weighted by molar-refractivity contribution is -0.156. The number of hydrogen-bond acceptors (Lipinski definition) is 4. The van der Waals surface area contributed by atoms with Gasteiger partial charge in [-0.2, -0.15) is 0 Å². The van der Waals surface area contributed by atoms with Crippen molar-refractivity contribution in [3.63, 3.8) is 0 Å². The number of nitrogens with two attached hydrogens (primary N) is 1. The van der Waals surface area contributed by atoms with Gasteiger partial charge in [-0.1, -0.05) is 41.5 Å². The third-order valence-electron chi connectivity index (χ3n) is 4.88. The lowest BCUT2D eigenvalue weighted by Crippen LogP contribution is -2.61. The molecule has 1 saturated carbocycles. The van der Waals surface area contributed by atoms with Crippen molar-refractivity contribution in [1.82, 2.24) is 4.90 Å². The molecule has 2 amide bonds. The van der Waals surface area contributed by atoms with Gasteiger partial charge >= 0.3 is 0 Å². The first-order valence-corrected chi connectivity index (χ1v) is 8.17. The molecule has 0 saturated heterocycles. The van der Waals surface area contributed by atoms with Crippen molar-refractivity contribution in [2.45, 2.75) is 66.5 Å². The fourth-order valence-electron chi connectivity index (χ4n) is 3.00. The zero-order chi connectivity index (χ0) is 18.2. The van der Waals surface area contributed by atoms with Gasteiger partial charge in [-0.05, 0) is 23.7 Å². The summed E-state index contributed by atoms with van der Waals surface area (Å²) in [6.07, 6.45) is 0.866. The Morgan fingerprint density at radius 1 is 1.00 bits per heavy atom. The van der Waals surface area contributed by atoms with Gasteiger partial charge in [-0.15, -0.1) is 0 Å². The predicted octanol–water partition coefficient (Wildman–Crippen LogP) is 0.894. The van der Waals surface area contributed by atoms with Gasteiger partial charge in [0.2, 0.25) is 11.8 Å². The number of carbonyl (C=O) groups excluding carboxylic acids is 2. The monoisotopic (exact) mass is 328 g/mol. The molecule has 0 aromatic carbocycles. The summed E-state index contributed by atoms with van der Waals surface area (Å²) >= 11 is 0. The van der Waals surface area contributed by atoms with Crippen molar-refractivity contribution in [2.75, 3.05) is 13.2 Å². The van der Waals surface area contributed by atoms with Crippen LogP contribution >= 0.6 is 0 Å². The number of nitrogens with zero attached hydrogens (tertiary/aromatic N) is 1. The lowest BCUT2D eigenvalue weighted by Gasteiger charge is -2.48. The Morgan fingerprint density at radius 3 is 1.52 bits per heavy atom. The van der Waals surface area contributed by atoms with Crippen LogP contribution in [0, 0.1) is 16.2 Å². The van der Waals surface area contributed by atoms with E-state index in [0.29, 0.717) is 12.8 Å². The Morgan fingerprint density at radius 2 is 1.35 bits per heavy atom. The van der Waals surface area contributed by atoms with Crippen LogP contribution in [0.2, 0.25) is 0 Å². The number of aliphatic hydroxyl groups is 2. The standard InChI is InChI=1S/C17H32N2O4/c1-15(2,3)11(9-20)19(12(10-21)16(4,5)6)14(23)17(7-8-17)13(18)22/h11-12,20-21H,7-10H2,1-6H3,(H2,18,22)/t11-,12-/m0/s1. The summed E-state index contributed by atoms with van der Waals surface area (Å²) in [6, 6.07) is -1.02. The van der Waals surface area contributed by atoms with E-state index in [9.17, 15) is 19.8 Å². The van der Waals surface area contributed by atoms with Crippen molar-refractivity contribution in [2.24, 2.45) is 22.0 Å². The van der Waals surface area contributed by atoms with Crippen LogP contribution in [-0.2, 0) is 9.59 Å². The smallest absolute Gasteiger partial charge is 0.238 e. The van der Waals surface area contributed by atoms with E-state index in [2.05, 4.69) is 0 Å². The van der Waals surface area contributed by atoms with Gasteiger partial charge in [-0.25, -0.2) is 0 Å². The van der Waals surface area contributed by atoms with Gasteiger partial charge in [0.05, 0.1) is 25.3 Å². The molecule has 0 unspecified atom stereocenters. The van der Waals surface area contributed by atoms with E-state index >= 15 is 0 Å². The second kappa shape index (κ2) is 6.40. The van der Waals surface area contributed by atoms with Crippen LogP contribution in [0.25, 0.3) is 0 Å². The highest BCUT2D eigenvalue weighted by Gasteiger charge is 2.59. The number of primary amides is 1. The summed E-state index contributed by atoms with van der Waals surface area (Å²) in [5.74, 6) is -0.989. The summed E-state index contributed by atoms with van der Waals surface area (Å²) in [5, 5.41) is 19.8. The van der Waals surface area contributed by atoms with Crippen LogP contribution in [0.5, 0.6) is 0 Å². The van der Waals surface area contributed by atoms with Gasteiger partial charge < -0.3 is 20.8 Å². The molecule has 1 aliphatic carbocycles. The third-order valence-corrected chi connectivity index (χ3v) is 4.88. The number of carbonyl (C=O) groups is 2. The molecular formula is C17H32N2O4. The Hall–Kier alpha value is -1.14. The van der Waals surface area contributed by atoms with Crippen LogP contribution in [0.15, 0.2) is 0 Å². The Balaban J connectivity index is 3.37. The average Bonchev–Trinajstić information content (AvgIpc) is 3.16. The molecule has 0 aromatic rings. The van der Waals surface area contributed by atoms with E-state index in [-0.39, 0.29) is 19.1 Å². The van der Waals surface area contributed by atoms with E-state index in [1.165, 1.54) is 4.90 Å². The molecule has 2 atom stereocenters. The molecule has 1 aliphatic rings. The molecule has 0 aliphatic heterocycles. The highest BCUT2D eigenvalue weighted by atomic mass is 16.3. The highest BCUT2D eigenvalue weighted by Crippen LogP contribution is 2.49. The minimum absolute atomic E-state index is 0.239. The summed E-state index contributed by atoms with van der Waals surface area (Å²) in [7, 11) is 0. The lowest BCUT2D eigenvalue weighted by atomic mass is 9.79. The molecule has 1 rings (SSSR count).